The minimum Gasteiger partial charge on any atom is -0.465 e. The number of nitriles is 1. The van der Waals surface area contributed by atoms with E-state index in [9.17, 15) is 35.9 Å². The van der Waals surface area contributed by atoms with Crippen LogP contribution in [0.25, 0.3) is 0 Å². The van der Waals surface area contributed by atoms with E-state index in [1.54, 1.807) is 4.57 Å². The standard InChI is InChI=1S/C18H20F6N6O3/c1-16(27-14(31)11-7-29-5-4-28(9-25)8-12(29)26-11)2-3-30(15(32)33)6-10(16)13(17(19,20)21)18(22,23)24/h7,10,13H,2-6,8H2,1H3,(H,27,31)(H,32,33). The molecule has 1 saturated heterocycles. The van der Waals surface area contributed by atoms with Crippen molar-refractivity contribution in [1.82, 2.24) is 24.7 Å². The van der Waals surface area contributed by atoms with Crippen molar-refractivity contribution in [3.05, 3.63) is 17.7 Å². The Bertz CT molecular complexity index is 956. The van der Waals surface area contributed by atoms with Crippen molar-refractivity contribution < 1.29 is 41.0 Å². The first-order valence-electron chi connectivity index (χ1n) is 9.80. The lowest BCUT2D eigenvalue weighted by Crippen LogP contribution is -2.65. The van der Waals surface area contributed by atoms with Gasteiger partial charge < -0.3 is 24.8 Å². The van der Waals surface area contributed by atoms with Crippen LogP contribution in [-0.4, -0.2) is 74.0 Å². The van der Waals surface area contributed by atoms with Gasteiger partial charge in [0.05, 0.1) is 6.54 Å². The second-order valence-corrected chi connectivity index (χ2v) is 8.27. The lowest BCUT2D eigenvalue weighted by atomic mass is 9.71. The number of nitrogens with one attached hydrogen (secondary N) is 1. The number of nitrogens with zero attached hydrogens (tertiary/aromatic N) is 5. The summed E-state index contributed by atoms with van der Waals surface area (Å²) in [5.41, 5.74) is -2.25. The van der Waals surface area contributed by atoms with E-state index in [2.05, 4.69) is 10.3 Å². The summed E-state index contributed by atoms with van der Waals surface area (Å²) in [5.74, 6) is -6.81. The van der Waals surface area contributed by atoms with Crippen LogP contribution in [0.15, 0.2) is 6.20 Å². The second-order valence-electron chi connectivity index (χ2n) is 8.27. The Morgan fingerprint density at radius 2 is 1.88 bits per heavy atom. The minimum atomic E-state index is -5.72. The smallest absolute Gasteiger partial charge is 0.407 e. The summed E-state index contributed by atoms with van der Waals surface area (Å²) in [7, 11) is 0. The van der Waals surface area contributed by atoms with Crippen molar-refractivity contribution in [2.45, 2.75) is 44.3 Å². The van der Waals surface area contributed by atoms with Gasteiger partial charge in [-0.3, -0.25) is 4.79 Å². The molecule has 2 aliphatic heterocycles. The summed E-state index contributed by atoms with van der Waals surface area (Å²) in [6, 6.07) is 0. The van der Waals surface area contributed by atoms with Crippen LogP contribution in [0.2, 0.25) is 0 Å². The zero-order valence-electron chi connectivity index (χ0n) is 17.2. The van der Waals surface area contributed by atoms with Crippen molar-refractivity contribution in [1.29, 1.82) is 5.26 Å². The number of carboxylic acid groups (broad SMARTS) is 1. The molecule has 3 rings (SSSR count). The highest BCUT2D eigenvalue weighted by molar-refractivity contribution is 5.92. The van der Waals surface area contributed by atoms with Crippen molar-refractivity contribution in [2.75, 3.05) is 19.6 Å². The van der Waals surface area contributed by atoms with Crippen LogP contribution in [-0.2, 0) is 13.1 Å². The van der Waals surface area contributed by atoms with E-state index in [1.165, 1.54) is 11.1 Å². The summed E-state index contributed by atoms with van der Waals surface area (Å²) >= 11 is 0. The molecule has 9 nitrogen and oxygen atoms in total. The number of amides is 2. The molecule has 0 bridgehead atoms. The Hall–Kier alpha value is -3.18. The molecule has 0 saturated carbocycles. The Balaban J connectivity index is 1.92. The minimum absolute atomic E-state index is 0.0987. The molecule has 0 radical (unpaired) electrons. The molecule has 2 aliphatic rings. The number of fused-ring (bicyclic) bond motifs is 1. The van der Waals surface area contributed by atoms with Gasteiger partial charge in [0.15, 0.2) is 12.1 Å². The van der Waals surface area contributed by atoms with Crippen LogP contribution < -0.4 is 5.32 Å². The molecule has 1 aromatic heterocycles. The van der Waals surface area contributed by atoms with E-state index in [0.29, 0.717) is 23.8 Å². The van der Waals surface area contributed by atoms with E-state index in [0.717, 1.165) is 6.92 Å². The van der Waals surface area contributed by atoms with E-state index >= 15 is 0 Å². The lowest BCUT2D eigenvalue weighted by Gasteiger charge is -2.48. The Morgan fingerprint density at radius 3 is 2.42 bits per heavy atom. The third-order valence-corrected chi connectivity index (χ3v) is 6.09. The molecule has 2 N–H and O–H groups in total. The van der Waals surface area contributed by atoms with Gasteiger partial charge in [0.1, 0.15) is 11.5 Å². The summed E-state index contributed by atoms with van der Waals surface area (Å²) in [5, 5.41) is 20.4. The molecule has 182 valence electrons. The van der Waals surface area contributed by atoms with Gasteiger partial charge in [0.25, 0.3) is 5.91 Å². The lowest BCUT2D eigenvalue weighted by molar-refractivity contribution is -0.307. The average molecular weight is 482 g/mol. The first kappa shape index (κ1) is 24.5. The Morgan fingerprint density at radius 1 is 1.24 bits per heavy atom. The number of imidazole rings is 1. The van der Waals surface area contributed by atoms with Gasteiger partial charge in [0.2, 0.25) is 0 Å². The van der Waals surface area contributed by atoms with Gasteiger partial charge in [-0.25, -0.2) is 9.78 Å². The van der Waals surface area contributed by atoms with E-state index in [1.807, 2.05) is 6.19 Å². The molecular weight excluding hydrogens is 462 g/mol. The number of likely N-dealkylation sites (tertiary alicyclic amines) is 1. The molecule has 2 unspecified atom stereocenters. The zero-order chi connectivity index (χ0) is 24.8. The van der Waals surface area contributed by atoms with Gasteiger partial charge in [-0.2, -0.15) is 31.6 Å². The number of hydrogen-bond donors (Lipinski definition) is 2. The van der Waals surface area contributed by atoms with Crippen LogP contribution >= 0.6 is 0 Å². The van der Waals surface area contributed by atoms with Crippen molar-refractivity contribution in [3.8, 4) is 6.19 Å². The highest BCUT2D eigenvalue weighted by atomic mass is 19.4. The quantitative estimate of drug-likeness (QED) is 0.505. The van der Waals surface area contributed by atoms with Gasteiger partial charge in [-0.1, -0.05) is 0 Å². The number of rotatable bonds is 3. The molecular formula is C18H20F6N6O3. The molecule has 2 amide bonds. The second kappa shape index (κ2) is 8.31. The predicted octanol–water partition coefficient (Wildman–Crippen LogP) is 2.41. The van der Waals surface area contributed by atoms with Crippen molar-refractivity contribution >= 4 is 12.0 Å². The fourth-order valence-corrected chi connectivity index (χ4v) is 4.30. The molecule has 33 heavy (non-hydrogen) atoms. The van der Waals surface area contributed by atoms with E-state index in [-0.39, 0.29) is 18.8 Å². The number of alkyl halides is 6. The largest absolute Gasteiger partial charge is 0.465 e. The fraction of sp³-hybridized carbons (Fsp3) is 0.667. The maximum Gasteiger partial charge on any atom is 0.407 e. The molecule has 1 aromatic rings. The fourth-order valence-electron chi connectivity index (χ4n) is 4.30. The van der Waals surface area contributed by atoms with Crippen LogP contribution in [0.3, 0.4) is 0 Å². The molecule has 0 aliphatic carbocycles. The highest BCUT2D eigenvalue weighted by Gasteiger charge is 2.65. The van der Waals surface area contributed by atoms with Crippen molar-refractivity contribution in [2.24, 2.45) is 11.8 Å². The van der Waals surface area contributed by atoms with Gasteiger partial charge >= 0.3 is 18.4 Å². The normalized spacial score (nSPS) is 23.8. The third kappa shape index (κ3) is 4.93. The van der Waals surface area contributed by atoms with Crippen LogP contribution in [0, 0.1) is 23.3 Å². The van der Waals surface area contributed by atoms with Crippen LogP contribution in [0.1, 0.15) is 29.7 Å². The summed E-state index contributed by atoms with van der Waals surface area (Å²) < 4.78 is 82.6. The maximum absolute atomic E-state index is 13.5. The first-order chi connectivity index (χ1) is 15.2. The number of halogens is 6. The molecule has 0 aromatic carbocycles. The Kier molecular flexibility index (Phi) is 6.16. The third-order valence-electron chi connectivity index (χ3n) is 6.09. The maximum atomic E-state index is 13.5. The van der Waals surface area contributed by atoms with Gasteiger partial charge in [-0.05, 0) is 13.3 Å². The summed E-state index contributed by atoms with van der Waals surface area (Å²) in [4.78, 5) is 30.0. The number of carbonyl (C=O) groups is 2. The summed E-state index contributed by atoms with van der Waals surface area (Å²) in [6.07, 6.45) is -10.3. The first-order valence-corrected chi connectivity index (χ1v) is 9.80. The van der Waals surface area contributed by atoms with Crippen LogP contribution in [0.4, 0.5) is 31.1 Å². The molecule has 0 spiro atoms. The number of carbonyl (C=O) groups excluding carboxylic acids is 1. The number of aromatic nitrogens is 2. The monoisotopic (exact) mass is 482 g/mol. The van der Waals surface area contributed by atoms with E-state index < -0.39 is 54.7 Å². The Labute approximate surface area is 183 Å². The highest BCUT2D eigenvalue weighted by Crippen LogP contribution is 2.49. The van der Waals surface area contributed by atoms with E-state index in [4.69, 9.17) is 10.4 Å². The molecule has 3 heterocycles. The molecule has 15 heteroatoms. The van der Waals surface area contributed by atoms with Crippen molar-refractivity contribution in [3.63, 3.8) is 0 Å². The van der Waals surface area contributed by atoms with Crippen LogP contribution in [0.5, 0.6) is 0 Å². The average Bonchev–Trinajstić information content (AvgIpc) is 3.10. The molecule has 1 fully saturated rings. The summed E-state index contributed by atoms with van der Waals surface area (Å²) in [6.45, 7) is 0.397. The number of piperidine rings is 1. The SMILES string of the molecule is CC1(NC(=O)c2cn3c(n2)CN(C#N)CC3)CCN(C(=O)O)CC1C(C(F)(F)F)C(F)(F)F. The van der Waals surface area contributed by atoms with Gasteiger partial charge in [-0.15, -0.1) is 0 Å². The zero-order valence-corrected chi connectivity index (χ0v) is 17.2. The number of hydrogen-bond acceptors (Lipinski definition) is 5. The van der Waals surface area contributed by atoms with Gasteiger partial charge in [0, 0.05) is 43.8 Å². The topological polar surface area (TPSA) is 114 Å². The molecule has 2 atom stereocenters. The predicted molar refractivity (Wildman–Crippen MR) is 97.4 cm³/mol.